The smallest absolute Gasteiger partial charge is 0.255 e. The Hall–Kier alpha value is -0.850. The first kappa shape index (κ1) is 13.1. The fraction of sp³-hybridized carbons (Fsp3) is 0.692. The molecule has 0 saturated carbocycles. The van der Waals surface area contributed by atoms with E-state index in [4.69, 9.17) is 4.98 Å². The molecule has 3 heterocycles. The zero-order chi connectivity index (χ0) is 13.5. The van der Waals surface area contributed by atoms with Gasteiger partial charge in [-0.15, -0.1) is 0 Å². The van der Waals surface area contributed by atoms with Crippen LogP contribution in [0.3, 0.4) is 0 Å². The minimum atomic E-state index is -0.219. The number of rotatable bonds is 2. The van der Waals surface area contributed by atoms with Crippen LogP contribution in [0, 0.1) is 0 Å². The zero-order valence-electron chi connectivity index (χ0n) is 11.5. The fourth-order valence-electron chi connectivity index (χ4n) is 2.73. The first-order chi connectivity index (χ1) is 9.09. The minimum absolute atomic E-state index is 0.0493. The van der Waals surface area contributed by atoms with Crippen LogP contribution >= 0.6 is 11.8 Å². The second kappa shape index (κ2) is 4.92. The summed E-state index contributed by atoms with van der Waals surface area (Å²) < 4.78 is 0. The highest BCUT2D eigenvalue weighted by Gasteiger charge is 2.33. The fourth-order valence-corrected chi connectivity index (χ4v) is 3.76. The van der Waals surface area contributed by atoms with Crippen LogP contribution < -0.4 is 10.9 Å². The third-order valence-corrected chi connectivity index (χ3v) is 5.04. The lowest BCUT2D eigenvalue weighted by Crippen LogP contribution is -2.52. The van der Waals surface area contributed by atoms with E-state index < -0.39 is 0 Å². The standard InChI is InChI=1S/C13H20N4OS/c1-13(2,17-5-3-14-4-6-17)12-15-10-8-19-7-9(10)11(18)16-12/h14H,3-8H2,1-2H3,(H,15,16,18). The van der Waals surface area contributed by atoms with Gasteiger partial charge >= 0.3 is 0 Å². The van der Waals surface area contributed by atoms with Gasteiger partial charge in [0, 0.05) is 43.2 Å². The molecule has 0 unspecified atom stereocenters. The topological polar surface area (TPSA) is 61.0 Å². The molecule has 0 atom stereocenters. The van der Waals surface area contributed by atoms with Crippen LogP contribution in [0.15, 0.2) is 4.79 Å². The number of hydrogen-bond acceptors (Lipinski definition) is 5. The van der Waals surface area contributed by atoms with Crippen molar-refractivity contribution in [2.75, 3.05) is 26.2 Å². The molecule has 1 aromatic rings. The summed E-state index contributed by atoms with van der Waals surface area (Å²) in [6, 6.07) is 0. The van der Waals surface area contributed by atoms with E-state index in [0.717, 1.165) is 54.8 Å². The number of aromatic amines is 1. The average Bonchev–Trinajstić information content (AvgIpc) is 2.88. The van der Waals surface area contributed by atoms with Gasteiger partial charge in [0.1, 0.15) is 5.82 Å². The number of fused-ring (bicyclic) bond motifs is 1. The van der Waals surface area contributed by atoms with Gasteiger partial charge in [0.05, 0.1) is 11.2 Å². The van der Waals surface area contributed by atoms with Crippen LogP contribution in [0.25, 0.3) is 0 Å². The Bertz CT molecular complexity index is 534. The van der Waals surface area contributed by atoms with Crippen molar-refractivity contribution in [1.29, 1.82) is 0 Å². The highest BCUT2D eigenvalue weighted by molar-refractivity contribution is 7.98. The van der Waals surface area contributed by atoms with E-state index in [1.165, 1.54) is 0 Å². The summed E-state index contributed by atoms with van der Waals surface area (Å²) in [4.78, 5) is 22.2. The first-order valence-electron chi connectivity index (χ1n) is 6.75. The lowest BCUT2D eigenvalue weighted by molar-refractivity contribution is 0.0943. The van der Waals surface area contributed by atoms with E-state index in [-0.39, 0.29) is 11.1 Å². The summed E-state index contributed by atoms with van der Waals surface area (Å²) in [5.41, 5.74) is 1.67. The van der Waals surface area contributed by atoms with Gasteiger partial charge in [-0.2, -0.15) is 11.8 Å². The number of aromatic nitrogens is 2. The molecular weight excluding hydrogens is 260 g/mol. The van der Waals surface area contributed by atoms with Crippen LogP contribution in [0.1, 0.15) is 30.9 Å². The molecule has 2 aliphatic heterocycles. The quantitative estimate of drug-likeness (QED) is 0.833. The maximum Gasteiger partial charge on any atom is 0.255 e. The second-order valence-electron chi connectivity index (χ2n) is 5.63. The highest BCUT2D eigenvalue weighted by atomic mass is 32.2. The summed E-state index contributed by atoms with van der Waals surface area (Å²) in [7, 11) is 0. The van der Waals surface area contributed by atoms with Gasteiger partial charge in [-0.25, -0.2) is 4.98 Å². The molecule has 6 heteroatoms. The predicted molar refractivity (Wildman–Crippen MR) is 77.3 cm³/mol. The Morgan fingerprint density at radius 2 is 2.00 bits per heavy atom. The molecule has 5 nitrogen and oxygen atoms in total. The summed E-state index contributed by atoms with van der Waals surface area (Å²) in [6.45, 7) is 8.25. The molecule has 2 N–H and O–H groups in total. The molecule has 1 fully saturated rings. The van der Waals surface area contributed by atoms with E-state index in [1.54, 1.807) is 11.8 Å². The van der Waals surface area contributed by atoms with E-state index in [0.29, 0.717) is 0 Å². The molecule has 0 aromatic carbocycles. The van der Waals surface area contributed by atoms with Gasteiger partial charge in [0.25, 0.3) is 5.56 Å². The second-order valence-corrected chi connectivity index (χ2v) is 6.61. The maximum absolute atomic E-state index is 12.1. The molecular formula is C13H20N4OS. The molecule has 3 rings (SSSR count). The molecule has 0 radical (unpaired) electrons. The summed E-state index contributed by atoms with van der Waals surface area (Å²) in [5.74, 6) is 2.47. The van der Waals surface area contributed by atoms with Crippen LogP contribution in [-0.2, 0) is 17.0 Å². The number of hydrogen-bond donors (Lipinski definition) is 2. The van der Waals surface area contributed by atoms with Crippen LogP contribution in [0.4, 0.5) is 0 Å². The minimum Gasteiger partial charge on any atom is -0.314 e. The van der Waals surface area contributed by atoms with E-state index in [2.05, 4.69) is 29.0 Å². The predicted octanol–water partition coefficient (Wildman–Crippen LogP) is 0.657. The summed E-state index contributed by atoms with van der Waals surface area (Å²) >= 11 is 1.77. The van der Waals surface area contributed by atoms with E-state index in [9.17, 15) is 4.79 Å². The molecule has 2 aliphatic rings. The van der Waals surface area contributed by atoms with Crippen molar-refractivity contribution >= 4 is 11.8 Å². The van der Waals surface area contributed by atoms with Crippen molar-refractivity contribution < 1.29 is 0 Å². The molecule has 1 saturated heterocycles. The monoisotopic (exact) mass is 280 g/mol. The molecule has 0 aliphatic carbocycles. The zero-order valence-corrected chi connectivity index (χ0v) is 12.3. The van der Waals surface area contributed by atoms with Gasteiger partial charge < -0.3 is 10.3 Å². The number of piperazine rings is 1. The van der Waals surface area contributed by atoms with E-state index >= 15 is 0 Å². The largest absolute Gasteiger partial charge is 0.314 e. The Labute approximate surface area is 117 Å². The Morgan fingerprint density at radius 3 is 2.74 bits per heavy atom. The molecule has 0 amide bonds. The van der Waals surface area contributed by atoms with Crippen LogP contribution in [0.2, 0.25) is 0 Å². The lowest BCUT2D eigenvalue weighted by Gasteiger charge is -2.40. The SMILES string of the molecule is CC(C)(c1nc2c(c(=O)[nH]1)CSC2)N1CCNCC1. The van der Waals surface area contributed by atoms with Crippen molar-refractivity contribution in [3.8, 4) is 0 Å². The molecule has 1 aromatic heterocycles. The van der Waals surface area contributed by atoms with Crippen molar-refractivity contribution in [1.82, 2.24) is 20.2 Å². The maximum atomic E-state index is 12.1. The van der Waals surface area contributed by atoms with Gasteiger partial charge in [-0.1, -0.05) is 0 Å². The third-order valence-electron chi connectivity index (χ3n) is 4.07. The van der Waals surface area contributed by atoms with Gasteiger partial charge in [-0.3, -0.25) is 9.69 Å². The number of nitrogens with one attached hydrogen (secondary N) is 2. The molecule has 0 spiro atoms. The van der Waals surface area contributed by atoms with Gasteiger partial charge in [0.15, 0.2) is 0 Å². The highest BCUT2D eigenvalue weighted by Crippen LogP contribution is 2.29. The van der Waals surface area contributed by atoms with Crippen molar-refractivity contribution in [3.63, 3.8) is 0 Å². The van der Waals surface area contributed by atoms with Crippen molar-refractivity contribution in [2.24, 2.45) is 0 Å². The Balaban J connectivity index is 1.96. The van der Waals surface area contributed by atoms with Crippen LogP contribution in [-0.4, -0.2) is 41.0 Å². The lowest BCUT2D eigenvalue weighted by atomic mass is 10.00. The van der Waals surface area contributed by atoms with Crippen molar-refractivity contribution in [2.45, 2.75) is 30.9 Å². The van der Waals surface area contributed by atoms with Crippen LogP contribution in [0.5, 0.6) is 0 Å². The van der Waals surface area contributed by atoms with Gasteiger partial charge in [0.2, 0.25) is 0 Å². The summed E-state index contributed by atoms with van der Waals surface area (Å²) in [6.07, 6.45) is 0. The van der Waals surface area contributed by atoms with Crippen molar-refractivity contribution in [3.05, 3.63) is 27.4 Å². The number of nitrogens with zero attached hydrogens (tertiary/aromatic N) is 2. The molecule has 104 valence electrons. The Kier molecular flexibility index (Phi) is 3.41. The summed E-state index contributed by atoms with van der Waals surface area (Å²) in [5, 5.41) is 3.35. The Morgan fingerprint density at radius 1 is 1.26 bits per heavy atom. The molecule has 19 heavy (non-hydrogen) atoms. The average molecular weight is 280 g/mol. The number of H-pyrrole nitrogens is 1. The van der Waals surface area contributed by atoms with E-state index in [1.807, 2.05) is 0 Å². The third kappa shape index (κ3) is 2.32. The first-order valence-corrected chi connectivity index (χ1v) is 7.90. The number of thioether (sulfide) groups is 1. The van der Waals surface area contributed by atoms with Gasteiger partial charge in [-0.05, 0) is 13.8 Å². The normalized spacial score (nSPS) is 20.5. The molecule has 0 bridgehead atoms.